The van der Waals surface area contributed by atoms with Gasteiger partial charge in [0, 0.05) is 12.4 Å². The van der Waals surface area contributed by atoms with Crippen molar-refractivity contribution in [2.75, 3.05) is 0 Å². The van der Waals surface area contributed by atoms with Crippen molar-refractivity contribution in [1.29, 1.82) is 0 Å². The molecule has 1 N–H and O–H groups in total. The molecule has 0 saturated carbocycles. The highest BCUT2D eigenvalue weighted by Crippen LogP contribution is 2.32. The van der Waals surface area contributed by atoms with E-state index in [0.717, 1.165) is 10.5 Å². The molecule has 4 amide bonds. The Balaban J connectivity index is 2.31. The van der Waals surface area contributed by atoms with E-state index in [2.05, 4.69) is 10.3 Å². The van der Waals surface area contributed by atoms with Crippen molar-refractivity contribution in [1.82, 2.24) is 15.2 Å². The molecule has 1 aliphatic rings. The van der Waals surface area contributed by atoms with Crippen LogP contribution >= 0.6 is 0 Å². The number of rotatable bonds is 4. The highest BCUT2D eigenvalue weighted by atomic mass is 16.2. The summed E-state index contributed by atoms with van der Waals surface area (Å²) in [5.74, 6) is -0.931. The molecule has 0 aromatic carbocycles. The number of pyridine rings is 1. The van der Waals surface area contributed by atoms with E-state index in [-0.39, 0.29) is 6.54 Å². The van der Waals surface area contributed by atoms with E-state index in [1.54, 1.807) is 38.4 Å². The van der Waals surface area contributed by atoms with Crippen molar-refractivity contribution in [2.24, 2.45) is 5.41 Å². The van der Waals surface area contributed by atoms with Crippen LogP contribution in [0.5, 0.6) is 0 Å². The number of barbiturate groups is 1. The summed E-state index contributed by atoms with van der Waals surface area (Å²) in [6, 6.07) is 2.85. The SMILES string of the molecule is CCC1(CC)C(=O)NC(=O)N(Cc2cccnc2)C1=O. The molecule has 0 spiro atoms. The molecule has 1 saturated heterocycles. The van der Waals surface area contributed by atoms with Crippen molar-refractivity contribution in [2.45, 2.75) is 33.2 Å². The third-order valence-electron chi connectivity index (χ3n) is 3.83. The lowest BCUT2D eigenvalue weighted by atomic mass is 9.78. The van der Waals surface area contributed by atoms with Gasteiger partial charge in [-0.25, -0.2) is 4.79 Å². The minimum Gasteiger partial charge on any atom is -0.277 e. The van der Waals surface area contributed by atoms with Gasteiger partial charge in [0.2, 0.25) is 11.8 Å². The molecule has 1 aliphatic heterocycles. The molecule has 0 unspecified atom stereocenters. The molecular formula is C14H17N3O3. The van der Waals surface area contributed by atoms with Gasteiger partial charge in [-0.15, -0.1) is 0 Å². The third kappa shape index (κ3) is 2.17. The van der Waals surface area contributed by atoms with Crippen molar-refractivity contribution < 1.29 is 14.4 Å². The Morgan fingerprint density at radius 1 is 1.25 bits per heavy atom. The molecule has 1 fully saturated rings. The molecule has 0 aliphatic carbocycles. The molecule has 106 valence electrons. The maximum Gasteiger partial charge on any atom is 0.331 e. The highest BCUT2D eigenvalue weighted by Gasteiger charge is 2.51. The molecule has 0 radical (unpaired) electrons. The lowest BCUT2D eigenvalue weighted by Gasteiger charge is -2.38. The summed E-state index contributed by atoms with van der Waals surface area (Å²) in [4.78, 5) is 41.5. The van der Waals surface area contributed by atoms with E-state index in [1.807, 2.05) is 0 Å². The van der Waals surface area contributed by atoms with Crippen LogP contribution in [0, 0.1) is 5.41 Å². The Morgan fingerprint density at radius 2 is 1.95 bits per heavy atom. The standard InChI is InChI=1S/C14H17N3O3/c1-3-14(4-2)11(18)16-13(20)17(12(14)19)9-10-6-5-7-15-8-10/h5-8H,3-4,9H2,1-2H3,(H,16,18,20). The average Bonchev–Trinajstić information content (AvgIpc) is 2.46. The second-order valence-electron chi connectivity index (χ2n) is 4.80. The molecule has 6 heteroatoms. The fraction of sp³-hybridized carbons (Fsp3) is 0.429. The second kappa shape index (κ2) is 5.40. The summed E-state index contributed by atoms with van der Waals surface area (Å²) in [6.07, 6.45) is 3.94. The van der Waals surface area contributed by atoms with Gasteiger partial charge >= 0.3 is 6.03 Å². The molecule has 2 rings (SSSR count). The van der Waals surface area contributed by atoms with E-state index in [0.29, 0.717) is 12.8 Å². The molecule has 1 aromatic heterocycles. The minimum absolute atomic E-state index is 0.119. The van der Waals surface area contributed by atoms with E-state index >= 15 is 0 Å². The lowest BCUT2D eigenvalue weighted by molar-refractivity contribution is -0.152. The maximum atomic E-state index is 12.6. The molecule has 0 atom stereocenters. The van der Waals surface area contributed by atoms with Crippen molar-refractivity contribution in [3.63, 3.8) is 0 Å². The zero-order chi connectivity index (χ0) is 14.8. The summed E-state index contributed by atoms with van der Waals surface area (Å²) < 4.78 is 0. The highest BCUT2D eigenvalue weighted by molar-refractivity contribution is 6.19. The first-order valence-electron chi connectivity index (χ1n) is 6.61. The van der Waals surface area contributed by atoms with Crippen LogP contribution in [0.25, 0.3) is 0 Å². The van der Waals surface area contributed by atoms with Crippen LogP contribution in [0.2, 0.25) is 0 Å². The number of urea groups is 1. The summed E-state index contributed by atoms with van der Waals surface area (Å²) in [7, 11) is 0. The Hall–Kier alpha value is -2.24. The first kappa shape index (κ1) is 14.2. The van der Waals surface area contributed by atoms with E-state index in [9.17, 15) is 14.4 Å². The Labute approximate surface area is 117 Å². The summed E-state index contributed by atoms with van der Waals surface area (Å²) in [6.45, 7) is 3.67. The molecular weight excluding hydrogens is 258 g/mol. The van der Waals surface area contributed by atoms with E-state index in [4.69, 9.17) is 0 Å². The number of nitrogens with zero attached hydrogens (tertiary/aromatic N) is 2. The Kier molecular flexibility index (Phi) is 3.83. The first-order chi connectivity index (χ1) is 9.55. The molecule has 0 bridgehead atoms. The van der Waals surface area contributed by atoms with Gasteiger partial charge in [0.1, 0.15) is 5.41 Å². The van der Waals surface area contributed by atoms with Gasteiger partial charge in [-0.1, -0.05) is 19.9 Å². The summed E-state index contributed by atoms with van der Waals surface area (Å²) in [5, 5.41) is 2.28. The predicted molar refractivity (Wildman–Crippen MR) is 71.3 cm³/mol. The van der Waals surface area contributed by atoms with Gasteiger partial charge in [0.25, 0.3) is 0 Å². The molecule has 1 aromatic rings. The van der Waals surface area contributed by atoms with Crippen molar-refractivity contribution in [3.05, 3.63) is 30.1 Å². The van der Waals surface area contributed by atoms with E-state index < -0.39 is 23.3 Å². The number of amides is 4. The Bertz CT molecular complexity index is 538. The number of carbonyl (C=O) groups is 3. The minimum atomic E-state index is -1.14. The van der Waals surface area contributed by atoms with Crippen LogP contribution in [0.15, 0.2) is 24.5 Å². The number of aromatic nitrogens is 1. The van der Waals surface area contributed by atoms with Crippen molar-refractivity contribution in [3.8, 4) is 0 Å². The third-order valence-corrected chi connectivity index (χ3v) is 3.83. The van der Waals surface area contributed by atoms with Gasteiger partial charge in [-0.3, -0.25) is 24.8 Å². The van der Waals surface area contributed by atoms with E-state index in [1.165, 1.54) is 0 Å². The van der Waals surface area contributed by atoms with Crippen LogP contribution in [-0.4, -0.2) is 27.7 Å². The fourth-order valence-corrected chi connectivity index (χ4v) is 2.42. The van der Waals surface area contributed by atoms with Crippen LogP contribution in [0.1, 0.15) is 32.3 Å². The second-order valence-corrected chi connectivity index (χ2v) is 4.80. The zero-order valence-corrected chi connectivity index (χ0v) is 11.5. The maximum absolute atomic E-state index is 12.6. The summed E-state index contributed by atoms with van der Waals surface area (Å²) >= 11 is 0. The topological polar surface area (TPSA) is 79.4 Å². The normalized spacial score (nSPS) is 18.1. The monoisotopic (exact) mass is 275 g/mol. The number of imide groups is 2. The summed E-state index contributed by atoms with van der Waals surface area (Å²) in [5.41, 5.74) is -0.401. The van der Waals surface area contributed by atoms with Crippen LogP contribution < -0.4 is 5.32 Å². The van der Waals surface area contributed by atoms with Crippen LogP contribution in [0.3, 0.4) is 0 Å². The lowest BCUT2D eigenvalue weighted by Crippen LogP contribution is -2.63. The number of hydrogen-bond donors (Lipinski definition) is 1. The smallest absolute Gasteiger partial charge is 0.277 e. The van der Waals surface area contributed by atoms with Crippen LogP contribution in [-0.2, 0) is 16.1 Å². The van der Waals surface area contributed by atoms with Gasteiger partial charge < -0.3 is 0 Å². The zero-order valence-electron chi connectivity index (χ0n) is 11.5. The van der Waals surface area contributed by atoms with Crippen molar-refractivity contribution >= 4 is 17.8 Å². The Morgan fingerprint density at radius 3 is 2.50 bits per heavy atom. The van der Waals surface area contributed by atoms with Gasteiger partial charge in [-0.2, -0.15) is 0 Å². The molecule has 6 nitrogen and oxygen atoms in total. The molecule has 20 heavy (non-hydrogen) atoms. The number of hydrogen-bond acceptors (Lipinski definition) is 4. The van der Waals surface area contributed by atoms with Gasteiger partial charge in [-0.05, 0) is 24.5 Å². The number of nitrogens with one attached hydrogen (secondary N) is 1. The average molecular weight is 275 g/mol. The largest absolute Gasteiger partial charge is 0.331 e. The van der Waals surface area contributed by atoms with Gasteiger partial charge in [0.05, 0.1) is 6.54 Å². The number of carbonyl (C=O) groups excluding carboxylic acids is 3. The van der Waals surface area contributed by atoms with Crippen LogP contribution in [0.4, 0.5) is 4.79 Å². The quantitative estimate of drug-likeness (QED) is 0.844. The first-order valence-corrected chi connectivity index (χ1v) is 6.61. The predicted octanol–water partition coefficient (Wildman–Crippen LogP) is 1.47. The fourth-order valence-electron chi connectivity index (χ4n) is 2.42. The van der Waals surface area contributed by atoms with Gasteiger partial charge in [0.15, 0.2) is 0 Å². The molecule has 2 heterocycles.